The third-order valence-corrected chi connectivity index (χ3v) is 4.98. The minimum Gasteiger partial charge on any atom is -0.0654 e. The minimum absolute atomic E-state index is 0.947. The Balaban J connectivity index is 2.47. The van der Waals surface area contributed by atoms with E-state index in [9.17, 15) is 0 Å². The highest BCUT2D eigenvalue weighted by atomic mass is 14.5. The van der Waals surface area contributed by atoms with Gasteiger partial charge in [0.1, 0.15) is 0 Å². The van der Waals surface area contributed by atoms with Gasteiger partial charge in [0.2, 0.25) is 0 Å². The summed E-state index contributed by atoms with van der Waals surface area (Å²) in [5.74, 6) is 5.10. The molecule has 0 heterocycles. The number of hydrogen-bond acceptors (Lipinski definition) is 0. The van der Waals surface area contributed by atoms with Crippen LogP contribution in [0.4, 0.5) is 0 Å². The largest absolute Gasteiger partial charge is 0.0654 e. The summed E-state index contributed by atoms with van der Waals surface area (Å²) in [6.07, 6.45) is 10.0. The van der Waals surface area contributed by atoms with Crippen LogP contribution in [0.15, 0.2) is 0 Å². The van der Waals surface area contributed by atoms with Crippen molar-refractivity contribution >= 4 is 0 Å². The highest BCUT2D eigenvalue weighted by Crippen LogP contribution is 2.51. The van der Waals surface area contributed by atoms with Crippen molar-refractivity contribution in [3.8, 4) is 0 Å². The van der Waals surface area contributed by atoms with Crippen LogP contribution in [0.25, 0.3) is 0 Å². The van der Waals surface area contributed by atoms with Crippen LogP contribution in [0.2, 0.25) is 0 Å². The van der Waals surface area contributed by atoms with Crippen LogP contribution >= 0.6 is 0 Å². The molecule has 0 nitrogen and oxygen atoms in total. The van der Waals surface area contributed by atoms with E-state index in [1.807, 2.05) is 0 Å². The molecule has 0 aliphatic heterocycles. The lowest BCUT2D eigenvalue weighted by molar-refractivity contribution is 0.230. The van der Waals surface area contributed by atoms with Crippen molar-refractivity contribution in [2.45, 2.75) is 79.6 Å². The van der Waals surface area contributed by atoms with Gasteiger partial charge in [0.25, 0.3) is 0 Å². The average Bonchev–Trinajstić information content (AvgIpc) is 3.05. The van der Waals surface area contributed by atoms with Gasteiger partial charge in [-0.2, -0.15) is 0 Å². The molecule has 5 atom stereocenters. The average molecular weight is 238 g/mol. The molecule has 17 heavy (non-hydrogen) atoms. The zero-order valence-electron chi connectivity index (χ0n) is 12.8. The molecule has 0 heteroatoms. The van der Waals surface area contributed by atoms with Gasteiger partial charge in [0.15, 0.2) is 0 Å². The van der Waals surface area contributed by atoms with Gasteiger partial charge in [-0.25, -0.2) is 0 Å². The predicted molar refractivity (Wildman–Crippen MR) is 78.1 cm³/mol. The standard InChI is InChI=1S/C17H34/c1-6-9-13(4)11-16(14(5)10-7-2)17-12-15(17)8-3/h13-17H,6-12H2,1-5H3. The van der Waals surface area contributed by atoms with Crippen molar-refractivity contribution < 1.29 is 0 Å². The van der Waals surface area contributed by atoms with Gasteiger partial charge >= 0.3 is 0 Å². The van der Waals surface area contributed by atoms with Crippen molar-refractivity contribution in [2.75, 3.05) is 0 Å². The summed E-state index contributed by atoms with van der Waals surface area (Å²) in [7, 11) is 0. The topological polar surface area (TPSA) is 0 Å². The third kappa shape index (κ3) is 4.64. The molecule has 0 bridgehead atoms. The van der Waals surface area contributed by atoms with Gasteiger partial charge in [-0.15, -0.1) is 0 Å². The first-order valence-electron chi connectivity index (χ1n) is 8.13. The van der Waals surface area contributed by atoms with E-state index < -0.39 is 0 Å². The lowest BCUT2D eigenvalue weighted by atomic mass is 9.78. The Morgan fingerprint density at radius 1 is 1.00 bits per heavy atom. The van der Waals surface area contributed by atoms with Crippen LogP contribution in [0.3, 0.4) is 0 Å². The molecule has 1 aliphatic carbocycles. The number of hydrogen-bond donors (Lipinski definition) is 0. The molecule has 0 aromatic heterocycles. The Kier molecular flexibility index (Phi) is 6.59. The molecule has 0 aromatic rings. The highest BCUT2D eigenvalue weighted by Gasteiger charge is 2.43. The van der Waals surface area contributed by atoms with E-state index in [1.165, 1.54) is 44.9 Å². The van der Waals surface area contributed by atoms with Crippen molar-refractivity contribution in [3.05, 3.63) is 0 Å². The van der Waals surface area contributed by atoms with Gasteiger partial charge in [-0.05, 0) is 42.4 Å². The Bertz CT molecular complexity index is 194. The SMILES string of the molecule is CCCC(C)CC(C(C)CCC)C1CC1CC. The van der Waals surface area contributed by atoms with Crippen molar-refractivity contribution in [2.24, 2.45) is 29.6 Å². The monoisotopic (exact) mass is 238 g/mol. The molecule has 1 saturated carbocycles. The van der Waals surface area contributed by atoms with E-state index in [0.29, 0.717) is 0 Å². The summed E-state index contributed by atoms with van der Waals surface area (Å²) in [6.45, 7) is 12.0. The van der Waals surface area contributed by atoms with Crippen molar-refractivity contribution in [1.82, 2.24) is 0 Å². The van der Waals surface area contributed by atoms with E-state index in [-0.39, 0.29) is 0 Å². The maximum Gasteiger partial charge on any atom is -0.0352 e. The first-order valence-corrected chi connectivity index (χ1v) is 8.13. The first kappa shape index (κ1) is 15.1. The summed E-state index contributed by atoms with van der Waals surface area (Å²) in [5.41, 5.74) is 0. The van der Waals surface area contributed by atoms with Gasteiger partial charge < -0.3 is 0 Å². The normalized spacial score (nSPS) is 28.8. The second-order valence-corrected chi connectivity index (χ2v) is 6.63. The molecule has 5 unspecified atom stereocenters. The van der Waals surface area contributed by atoms with Gasteiger partial charge in [0, 0.05) is 0 Å². The molecule has 1 aliphatic rings. The third-order valence-electron chi connectivity index (χ3n) is 4.98. The van der Waals surface area contributed by atoms with Crippen LogP contribution in [0, 0.1) is 29.6 Å². The Labute approximate surface area is 110 Å². The van der Waals surface area contributed by atoms with E-state index in [2.05, 4.69) is 34.6 Å². The van der Waals surface area contributed by atoms with Crippen LogP contribution in [-0.4, -0.2) is 0 Å². The Morgan fingerprint density at radius 2 is 1.65 bits per heavy atom. The van der Waals surface area contributed by atoms with E-state index >= 15 is 0 Å². The second kappa shape index (κ2) is 7.44. The maximum atomic E-state index is 2.51. The molecule has 0 aromatic carbocycles. The summed E-state index contributed by atoms with van der Waals surface area (Å²) >= 11 is 0. The fraction of sp³-hybridized carbons (Fsp3) is 1.00. The molecule has 0 radical (unpaired) electrons. The second-order valence-electron chi connectivity index (χ2n) is 6.63. The first-order chi connectivity index (χ1) is 8.13. The molecular weight excluding hydrogens is 204 g/mol. The molecule has 0 saturated heterocycles. The lowest BCUT2D eigenvalue weighted by Gasteiger charge is -2.27. The van der Waals surface area contributed by atoms with Crippen molar-refractivity contribution in [3.63, 3.8) is 0 Å². The van der Waals surface area contributed by atoms with Crippen LogP contribution in [0.5, 0.6) is 0 Å². The summed E-state index contributed by atoms with van der Waals surface area (Å²) in [6, 6.07) is 0. The lowest BCUT2D eigenvalue weighted by Crippen LogP contribution is -2.18. The Morgan fingerprint density at radius 3 is 2.12 bits per heavy atom. The zero-order chi connectivity index (χ0) is 12.8. The zero-order valence-corrected chi connectivity index (χ0v) is 12.8. The molecule has 102 valence electrons. The maximum absolute atomic E-state index is 2.51. The van der Waals surface area contributed by atoms with E-state index in [1.54, 1.807) is 0 Å². The van der Waals surface area contributed by atoms with Crippen molar-refractivity contribution in [1.29, 1.82) is 0 Å². The summed E-state index contributed by atoms with van der Waals surface area (Å²) < 4.78 is 0. The molecule has 1 fully saturated rings. The van der Waals surface area contributed by atoms with Gasteiger partial charge in [0.05, 0.1) is 0 Å². The van der Waals surface area contributed by atoms with E-state index in [4.69, 9.17) is 0 Å². The molecule has 0 amide bonds. The molecular formula is C17H34. The summed E-state index contributed by atoms with van der Waals surface area (Å²) in [4.78, 5) is 0. The fourth-order valence-electron chi connectivity index (χ4n) is 3.84. The fourth-order valence-corrected chi connectivity index (χ4v) is 3.84. The van der Waals surface area contributed by atoms with E-state index in [0.717, 1.165) is 29.6 Å². The smallest absolute Gasteiger partial charge is 0.0352 e. The minimum atomic E-state index is 0.947. The molecule has 1 rings (SSSR count). The molecule has 0 N–H and O–H groups in total. The number of rotatable bonds is 9. The quantitative estimate of drug-likeness (QED) is 0.468. The molecule has 0 spiro atoms. The predicted octanol–water partition coefficient (Wildman–Crippen LogP) is 5.91. The highest BCUT2D eigenvalue weighted by molar-refractivity contribution is 4.92. The van der Waals surface area contributed by atoms with Crippen LogP contribution in [-0.2, 0) is 0 Å². The van der Waals surface area contributed by atoms with Crippen LogP contribution < -0.4 is 0 Å². The van der Waals surface area contributed by atoms with Gasteiger partial charge in [-0.1, -0.05) is 66.7 Å². The summed E-state index contributed by atoms with van der Waals surface area (Å²) in [5, 5.41) is 0. The van der Waals surface area contributed by atoms with Gasteiger partial charge in [-0.3, -0.25) is 0 Å². The van der Waals surface area contributed by atoms with Crippen LogP contribution in [0.1, 0.15) is 79.6 Å². The Hall–Kier alpha value is 0.